The lowest BCUT2D eigenvalue weighted by Gasteiger charge is -2.35. The number of carbonyl (C=O) groups is 3. The molecular formula is C20H22N4O4. The first-order chi connectivity index (χ1) is 13.5. The molecule has 1 fully saturated rings. The Kier molecular flexibility index (Phi) is 4.85. The van der Waals surface area contributed by atoms with Crippen LogP contribution in [-0.2, 0) is 16.0 Å². The van der Waals surface area contributed by atoms with Crippen molar-refractivity contribution in [2.45, 2.75) is 31.7 Å². The third kappa shape index (κ3) is 3.49. The molecule has 2 aliphatic rings. The van der Waals surface area contributed by atoms with Crippen molar-refractivity contribution in [1.29, 1.82) is 0 Å². The molecule has 1 aromatic heterocycles. The lowest BCUT2D eigenvalue weighted by Crippen LogP contribution is -2.47. The minimum Gasteiger partial charge on any atom is -0.478 e. The SMILES string of the molecule is O=C(O)c1cnn(C2CCN(C(=O)CN3C(=O)CCc4ccccc43)CC2)c1. The van der Waals surface area contributed by atoms with Crippen LogP contribution in [-0.4, -0.2) is 57.2 Å². The molecule has 8 nitrogen and oxygen atoms in total. The van der Waals surface area contributed by atoms with Crippen LogP contribution in [0.2, 0.25) is 0 Å². The van der Waals surface area contributed by atoms with Crippen molar-refractivity contribution in [1.82, 2.24) is 14.7 Å². The lowest BCUT2D eigenvalue weighted by molar-refractivity contribution is -0.132. The summed E-state index contributed by atoms with van der Waals surface area (Å²) in [5.74, 6) is -1.07. The van der Waals surface area contributed by atoms with Crippen LogP contribution >= 0.6 is 0 Å². The zero-order valence-electron chi connectivity index (χ0n) is 15.5. The number of benzene rings is 1. The van der Waals surface area contributed by atoms with Crippen LogP contribution in [0.5, 0.6) is 0 Å². The van der Waals surface area contributed by atoms with Crippen molar-refractivity contribution in [3.8, 4) is 0 Å². The van der Waals surface area contributed by atoms with E-state index in [-0.39, 0.29) is 30.0 Å². The molecule has 0 aliphatic carbocycles. The van der Waals surface area contributed by atoms with Gasteiger partial charge in [-0.05, 0) is 30.9 Å². The van der Waals surface area contributed by atoms with Crippen molar-refractivity contribution in [3.63, 3.8) is 0 Å². The Morgan fingerprint density at radius 2 is 1.89 bits per heavy atom. The number of hydrogen-bond acceptors (Lipinski definition) is 4. The highest BCUT2D eigenvalue weighted by Crippen LogP contribution is 2.28. The summed E-state index contributed by atoms with van der Waals surface area (Å²) in [5.41, 5.74) is 2.10. The van der Waals surface area contributed by atoms with E-state index in [1.807, 2.05) is 24.3 Å². The molecule has 2 aromatic rings. The first-order valence-corrected chi connectivity index (χ1v) is 9.46. The Labute approximate surface area is 162 Å². The Bertz CT molecular complexity index is 914. The average molecular weight is 382 g/mol. The maximum absolute atomic E-state index is 12.8. The number of rotatable bonds is 4. The predicted molar refractivity (Wildman–Crippen MR) is 101 cm³/mol. The summed E-state index contributed by atoms with van der Waals surface area (Å²) < 4.78 is 1.68. The molecule has 1 N–H and O–H groups in total. The maximum atomic E-state index is 12.8. The van der Waals surface area contributed by atoms with Gasteiger partial charge in [-0.15, -0.1) is 0 Å². The van der Waals surface area contributed by atoms with E-state index in [1.54, 1.807) is 14.5 Å². The number of fused-ring (bicyclic) bond motifs is 1. The van der Waals surface area contributed by atoms with E-state index in [4.69, 9.17) is 5.11 Å². The van der Waals surface area contributed by atoms with E-state index in [1.165, 1.54) is 12.4 Å². The topological polar surface area (TPSA) is 95.7 Å². The summed E-state index contributed by atoms with van der Waals surface area (Å²) in [4.78, 5) is 39.5. The molecule has 0 unspecified atom stereocenters. The summed E-state index contributed by atoms with van der Waals surface area (Å²) in [5, 5.41) is 13.2. The molecule has 0 saturated carbocycles. The molecular weight excluding hydrogens is 360 g/mol. The fourth-order valence-corrected chi connectivity index (χ4v) is 3.93. The molecule has 3 heterocycles. The molecule has 0 spiro atoms. The number of aryl methyl sites for hydroxylation is 1. The first-order valence-electron chi connectivity index (χ1n) is 9.46. The zero-order chi connectivity index (χ0) is 19.7. The standard InChI is InChI=1S/C20H22N4O4/c25-18-6-5-14-3-1-2-4-17(14)23(18)13-19(26)22-9-7-16(8-10-22)24-12-15(11-21-24)20(27)28/h1-4,11-12,16H,5-10,13H2,(H,27,28). The van der Waals surface area contributed by atoms with Crippen LogP contribution in [0.15, 0.2) is 36.7 Å². The number of nitrogens with zero attached hydrogens (tertiary/aromatic N) is 4. The summed E-state index contributed by atoms with van der Waals surface area (Å²) >= 11 is 0. The van der Waals surface area contributed by atoms with Gasteiger partial charge in [-0.3, -0.25) is 14.3 Å². The molecule has 8 heteroatoms. The number of piperidine rings is 1. The molecule has 2 amide bonds. The van der Waals surface area contributed by atoms with E-state index in [0.717, 1.165) is 11.3 Å². The molecule has 1 aromatic carbocycles. The Morgan fingerprint density at radius 3 is 2.61 bits per heavy atom. The van der Waals surface area contributed by atoms with E-state index >= 15 is 0 Å². The Morgan fingerprint density at radius 1 is 1.14 bits per heavy atom. The molecule has 0 radical (unpaired) electrons. The fourth-order valence-electron chi connectivity index (χ4n) is 3.93. The van der Waals surface area contributed by atoms with Crippen molar-refractivity contribution in [2.24, 2.45) is 0 Å². The van der Waals surface area contributed by atoms with Gasteiger partial charge < -0.3 is 14.9 Å². The zero-order valence-corrected chi connectivity index (χ0v) is 15.5. The van der Waals surface area contributed by atoms with Crippen molar-refractivity contribution in [3.05, 3.63) is 47.8 Å². The summed E-state index contributed by atoms with van der Waals surface area (Å²) in [7, 11) is 0. The minimum atomic E-state index is -0.995. The predicted octanol–water partition coefficient (Wildman–Crippen LogP) is 1.72. The first kappa shape index (κ1) is 18.2. The lowest BCUT2D eigenvalue weighted by atomic mass is 10.0. The van der Waals surface area contributed by atoms with Gasteiger partial charge in [0.25, 0.3) is 0 Å². The monoisotopic (exact) mass is 382 g/mol. The number of para-hydroxylation sites is 1. The van der Waals surface area contributed by atoms with Crippen LogP contribution in [0.3, 0.4) is 0 Å². The highest BCUT2D eigenvalue weighted by molar-refractivity contribution is 6.01. The molecule has 0 atom stereocenters. The third-order valence-corrected chi connectivity index (χ3v) is 5.52. The number of anilines is 1. The number of carbonyl (C=O) groups excluding carboxylic acids is 2. The van der Waals surface area contributed by atoms with Gasteiger partial charge in [-0.25, -0.2) is 4.79 Å². The number of aromatic nitrogens is 2. The van der Waals surface area contributed by atoms with Crippen LogP contribution in [0.25, 0.3) is 0 Å². The number of aromatic carboxylic acids is 1. The van der Waals surface area contributed by atoms with Gasteiger partial charge in [0.1, 0.15) is 6.54 Å². The van der Waals surface area contributed by atoms with Gasteiger partial charge in [0.2, 0.25) is 11.8 Å². The Hall–Kier alpha value is -3.16. The quantitative estimate of drug-likeness (QED) is 0.869. The van der Waals surface area contributed by atoms with E-state index in [2.05, 4.69) is 5.10 Å². The van der Waals surface area contributed by atoms with Crippen LogP contribution in [0.1, 0.15) is 41.2 Å². The molecule has 1 saturated heterocycles. The molecule has 2 aliphatic heterocycles. The largest absolute Gasteiger partial charge is 0.478 e. The maximum Gasteiger partial charge on any atom is 0.338 e. The fraction of sp³-hybridized carbons (Fsp3) is 0.400. The van der Waals surface area contributed by atoms with Crippen molar-refractivity contribution < 1.29 is 19.5 Å². The number of carboxylic acids is 1. The van der Waals surface area contributed by atoms with Crippen LogP contribution in [0, 0.1) is 0 Å². The smallest absolute Gasteiger partial charge is 0.338 e. The summed E-state index contributed by atoms with van der Waals surface area (Å²) in [6.45, 7) is 1.19. The normalized spacial score (nSPS) is 17.5. The van der Waals surface area contributed by atoms with Gasteiger partial charge >= 0.3 is 5.97 Å². The highest BCUT2D eigenvalue weighted by Gasteiger charge is 2.30. The summed E-state index contributed by atoms with van der Waals surface area (Å²) in [6, 6.07) is 7.80. The second kappa shape index (κ2) is 7.46. The molecule has 146 valence electrons. The second-order valence-corrected chi connectivity index (χ2v) is 7.23. The highest BCUT2D eigenvalue weighted by atomic mass is 16.4. The number of hydrogen-bond donors (Lipinski definition) is 1. The molecule has 0 bridgehead atoms. The van der Waals surface area contributed by atoms with Gasteiger partial charge in [0, 0.05) is 31.4 Å². The Balaban J connectivity index is 1.38. The minimum absolute atomic E-state index is 0.0142. The van der Waals surface area contributed by atoms with Crippen molar-refractivity contribution in [2.75, 3.05) is 24.5 Å². The van der Waals surface area contributed by atoms with Gasteiger partial charge in [-0.2, -0.15) is 5.10 Å². The van der Waals surface area contributed by atoms with Crippen LogP contribution < -0.4 is 4.90 Å². The van der Waals surface area contributed by atoms with E-state index in [0.29, 0.717) is 38.8 Å². The van der Waals surface area contributed by atoms with Crippen molar-refractivity contribution >= 4 is 23.5 Å². The molecule has 4 rings (SSSR count). The number of likely N-dealkylation sites (tertiary alicyclic amines) is 1. The number of carboxylic acid groups (broad SMARTS) is 1. The summed E-state index contributed by atoms with van der Waals surface area (Å²) in [6.07, 6.45) is 5.44. The second-order valence-electron chi connectivity index (χ2n) is 7.23. The number of amides is 2. The van der Waals surface area contributed by atoms with Crippen LogP contribution in [0.4, 0.5) is 5.69 Å². The van der Waals surface area contributed by atoms with E-state index in [9.17, 15) is 14.4 Å². The van der Waals surface area contributed by atoms with Gasteiger partial charge in [-0.1, -0.05) is 18.2 Å². The molecule has 28 heavy (non-hydrogen) atoms. The van der Waals surface area contributed by atoms with E-state index < -0.39 is 5.97 Å². The average Bonchev–Trinajstić information content (AvgIpc) is 3.21. The van der Waals surface area contributed by atoms with Gasteiger partial charge in [0.05, 0.1) is 17.8 Å². The third-order valence-electron chi connectivity index (χ3n) is 5.52. The van der Waals surface area contributed by atoms with Gasteiger partial charge in [0.15, 0.2) is 0 Å².